The van der Waals surface area contributed by atoms with Gasteiger partial charge in [-0.15, -0.1) is 21.8 Å². The summed E-state index contributed by atoms with van der Waals surface area (Å²) < 4.78 is 7.27. The van der Waals surface area contributed by atoms with Gasteiger partial charge in [0, 0.05) is 0 Å². The van der Waals surface area contributed by atoms with Crippen LogP contribution in [0.2, 0.25) is 0 Å². The Labute approximate surface area is 105 Å². The first-order chi connectivity index (χ1) is 8.17. The van der Waals surface area contributed by atoms with Crippen LogP contribution in [0.5, 0.6) is 5.75 Å². The Morgan fingerprint density at radius 2 is 2.06 bits per heavy atom. The maximum absolute atomic E-state index is 5.87. The van der Waals surface area contributed by atoms with Crippen molar-refractivity contribution in [1.29, 1.82) is 0 Å². The fourth-order valence-electron chi connectivity index (χ4n) is 1.78. The molecule has 0 aliphatic carbocycles. The Balaban J connectivity index is 2.66. The highest BCUT2D eigenvalue weighted by molar-refractivity contribution is 6.16. The molecule has 1 aromatic heterocycles. The Bertz CT molecular complexity index is 537. The second-order valence-electron chi connectivity index (χ2n) is 3.81. The highest BCUT2D eigenvalue weighted by Gasteiger charge is 2.13. The minimum atomic E-state index is 0.317. The molecule has 0 aliphatic rings. The van der Waals surface area contributed by atoms with Gasteiger partial charge in [0.25, 0.3) is 0 Å². The molecule has 4 nitrogen and oxygen atoms in total. The minimum absolute atomic E-state index is 0.317. The lowest BCUT2D eigenvalue weighted by Gasteiger charge is -2.12. The molecule has 0 spiro atoms. The molecular formula is C12H14ClN3O. The van der Waals surface area contributed by atoms with Gasteiger partial charge in [0.2, 0.25) is 0 Å². The van der Waals surface area contributed by atoms with Crippen molar-refractivity contribution >= 4 is 11.6 Å². The van der Waals surface area contributed by atoms with Crippen molar-refractivity contribution in [3.63, 3.8) is 0 Å². The summed E-state index contributed by atoms with van der Waals surface area (Å²) >= 11 is 5.87. The van der Waals surface area contributed by atoms with E-state index in [1.807, 2.05) is 36.6 Å². The maximum atomic E-state index is 5.87. The van der Waals surface area contributed by atoms with E-state index in [1.54, 1.807) is 7.11 Å². The lowest BCUT2D eigenvalue weighted by molar-refractivity contribution is 0.412. The second kappa shape index (κ2) is 4.75. The molecule has 0 bridgehead atoms. The fraction of sp³-hybridized carbons (Fsp3) is 0.333. The summed E-state index contributed by atoms with van der Waals surface area (Å²) in [5.41, 5.74) is 2.07. The average molecular weight is 252 g/mol. The van der Waals surface area contributed by atoms with Crippen LogP contribution in [-0.2, 0) is 5.88 Å². The smallest absolute Gasteiger partial charge is 0.152 e. The Morgan fingerprint density at radius 1 is 1.29 bits per heavy atom. The first kappa shape index (κ1) is 11.9. The number of methoxy groups -OCH3 is 1. The largest absolute Gasteiger partial charge is 0.495 e. The summed E-state index contributed by atoms with van der Waals surface area (Å²) in [6.07, 6.45) is 0. The zero-order valence-electron chi connectivity index (χ0n) is 10.1. The molecule has 1 heterocycles. The summed E-state index contributed by atoms with van der Waals surface area (Å²) in [6, 6.07) is 5.97. The van der Waals surface area contributed by atoms with E-state index < -0.39 is 0 Å². The zero-order valence-corrected chi connectivity index (χ0v) is 10.8. The third-order valence-corrected chi connectivity index (χ3v) is 2.83. The first-order valence-electron chi connectivity index (χ1n) is 5.29. The van der Waals surface area contributed by atoms with Crippen molar-refractivity contribution < 1.29 is 4.74 Å². The quantitative estimate of drug-likeness (QED) is 0.788. The molecule has 17 heavy (non-hydrogen) atoms. The van der Waals surface area contributed by atoms with Gasteiger partial charge in [0.15, 0.2) is 5.82 Å². The van der Waals surface area contributed by atoms with Gasteiger partial charge in [-0.1, -0.05) is 6.07 Å². The van der Waals surface area contributed by atoms with Gasteiger partial charge in [-0.3, -0.25) is 4.57 Å². The van der Waals surface area contributed by atoms with E-state index in [0.29, 0.717) is 11.7 Å². The van der Waals surface area contributed by atoms with Crippen LogP contribution in [0.25, 0.3) is 5.69 Å². The molecule has 0 radical (unpaired) electrons. The average Bonchev–Trinajstić information content (AvgIpc) is 2.70. The first-order valence-corrected chi connectivity index (χ1v) is 5.82. The molecule has 5 heteroatoms. The zero-order chi connectivity index (χ0) is 12.4. The van der Waals surface area contributed by atoms with Crippen molar-refractivity contribution in [2.24, 2.45) is 0 Å². The van der Waals surface area contributed by atoms with Gasteiger partial charge in [0.05, 0.1) is 18.7 Å². The van der Waals surface area contributed by atoms with Crippen LogP contribution < -0.4 is 4.74 Å². The van der Waals surface area contributed by atoms with Gasteiger partial charge in [-0.2, -0.15) is 0 Å². The number of ether oxygens (including phenoxy) is 1. The monoisotopic (exact) mass is 251 g/mol. The molecule has 0 atom stereocenters. The highest BCUT2D eigenvalue weighted by Crippen LogP contribution is 2.26. The highest BCUT2D eigenvalue weighted by atomic mass is 35.5. The SMILES string of the molecule is COc1ccc(C)cc1-n1c(C)nnc1CCl. The predicted molar refractivity (Wildman–Crippen MR) is 66.9 cm³/mol. The van der Waals surface area contributed by atoms with E-state index in [9.17, 15) is 0 Å². The Hall–Kier alpha value is -1.55. The van der Waals surface area contributed by atoms with E-state index in [1.165, 1.54) is 0 Å². The summed E-state index contributed by atoms with van der Waals surface area (Å²) in [5.74, 6) is 2.61. The van der Waals surface area contributed by atoms with Crippen molar-refractivity contribution in [2.75, 3.05) is 7.11 Å². The number of hydrogen-bond donors (Lipinski definition) is 0. The number of benzene rings is 1. The van der Waals surface area contributed by atoms with Gasteiger partial charge >= 0.3 is 0 Å². The van der Waals surface area contributed by atoms with Crippen LogP contribution in [0.3, 0.4) is 0 Å². The molecule has 1 aromatic carbocycles. The molecule has 0 aliphatic heterocycles. The maximum Gasteiger partial charge on any atom is 0.152 e. The number of alkyl halides is 1. The van der Waals surface area contributed by atoms with Gasteiger partial charge in [-0.25, -0.2) is 0 Å². The minimum Gasteiger partial charge on any atom is -0.495 e. The number of nitrogens with zero attached hydrogens (tertiary/aromatic N) is 3. The van der Waals surface area contributed by atoms with Gasteiger partial charge < -0.3 is 4.74 Å². The van der Waals surface area contributed by atoms with Crippen LogP contribution in [0.1, 0.15) is 17.2 Å². The van der Waals surface area contributed by atoms with Crippen molar-refractivity contribution in [3.05, 3.63) is 35.4 Å². The third kappa shape index (κ3) is 2.13. The molecule has 0 saturated carbocycles. The fourth-order valence-corrected chi connectivity index (χ4v) is 1.95. The summed E-state index contributed by atoms with van der Waals surface area (Å²) in [6.45, 7) is 3.92. The van der Waals surface area contributed by atoms with E-state index in [-0.39, 0.29) is 0 Å². The number of hydrogen-bond acceptors (Lipinski definition) is 3. The lowest BCUT2D eigenvalue weighted by atomic mass is 10.2. The number of aryl methyl sites for hydroxylation is 2. The molecule has 0 amide bonds. The Morgan fingerprint density at radius 3 is 2.71 bits per heavy atom. The van der Waals surface area contributed by atoms with Crippen LogP contribution >= 0.6 is 11.6 Å². The van der Waals surface area contributed by atoms with E-state index >= 15 is 0 Å². The Kier molecular flexibility index (Phi) is 3.33. The topological polar surface area (TPSA) is 39.9 Å². The summed E-state index contributed by atoms with van der Waals surface area (Å²) in [7, 11) is 1.65. The molecule has 90 valence electrons. The molecule has 0 unspecified atom stereocenters. The summed E-state index contributed by atoms with van der Waals surface area (Å²) in [4.78, 5) is 0. The standard InChI is InChI=1S/C12H14ClN3O/c1-8-4-5-11(17-3)10(6-8)16-9(2)14-15-12(16)7-13/h4-6H,7H2,1-3H3. The molecule has 2 rings (SSSR count). The van der Waals surface area contributed by atoms with Gasteiger partial charge in [-0.05, 0) is 31.5 Å². The third-order valence-electron chi connectivity index (χ3n) is 2.59. The van der Waals surface area contributed by atoms with Gasteiger partial charge in [0.1, 0.15) is 11.6 Å². The predicted octanol–water partition coefficient (Wildman–Crippen LogP) is 2.63. The van der Waals surface area contributed by atoms with E-state index in [4.69, 9.17) is 16.3 Å². The van der Waals surface area contributed by atoms with E-state index in [2.05, 4.69) is 10.2 Å². The molecule has 0 saturated heterocycles. The lowest BCUT2D eigenvalue weighted by Crippen LogP contribution is -2.04. The van der Waals surface area contributed by atoms with Crippen LogP contribution in [0.4, 0.5) is 0 Å². The van der Waals surface area contributed by atoms with Crippen LogP contribution in [0, 0.1) is 13.8 Å². The molecule has 2 aromatic rings. The van der Waals surface area contributed by atoms with Crippen molar-refractivity contribution in [1.82, 2.24) is 14.8 Å². The van der Waals surface area contributed by atoms with Crippen LogP contribution in [-0.4, -0.2) is 21.9 Å². The number of halogens is 1. The molecule has 0 N–H and O–H groups in total. The van der Waals surface area contributed by atoms with E-state index in [0.717, 1.165) is 22.8 Å². The van der Waals surface area contributed by atoms with Crippen molar-refractivity contribution in [3.8, 4) is 11.4 Å². The molecular weight excluding hydrogens is 238 g/mol. The second-order valence-corrected chi connectivity index (χ2v) is 4.08. The van der Waals surface area contributed by atoms with Crippen LogP contribution in [0.15, 0.2) is 18.2 Å². The number of rotatable bonds is 3. The van der Waals surface area contributed by atoms with Crippen molar-refractivity contribution in [2.45, 2.75) is 19.7 Å². The number of aromatic nitrogens is 3. The normalized spacial score (nSPS) is 10.6. The summed E-state index contributed by atoms with van der Waals surface area (Å²) in [5, 5.41) is 8.08. The molecule has 0 fully saturated rings.